The quantitative estimate of drug-likeness (QED) is 0.853. The average Bonchev–Trinajstić information content (AvgIpc) is 2.54. The molecule has 17 heavy (non-hydrogen) atoms. The van der Waals surface area contributed by atoms with Crippen molar-refractivity contribution in [3.63, 3.8) is 0 Å². The third kappa shape index (κ3) is 1.79. The molecule has 1 aromatic carbocycles. The van der Waals surface area contributed by atoms with Crippen molar-refractivity contribution in [3.8, 4) is 0 Å². The lowest BCUT2D eigenvalue weighted by Gasteiger charge is -2.22. The van der Waals surface area contributed by atoms with E-state index in [0.29, 0.717) is 5.92 Å². The van der Waals surface area contributed by atoms with Gasteiger partial charge in [-0.1, -0.05) is 19.1 Å². The van der Waals surface area contributed by atoms with E-state index in [1.165, 1.54) is 11.3 Å². The van der Waals surface area contributed by atoms with Crippen molar-refractivity contribution in [1.82, 2.24) is 0 Å². The molecule has 0 saturated carbocycles. The fourth-order valence-electron chi connectivity index (χ4n) is 2.41. The molecule has 92 valence electrons. The van der Waals surface area contributed by atoms with Crippen molar-refractivity contribution < 1.29 is 9.90 Å². The summed E-state index contributed by atoms with van der Waals surface area (Å²) in [6.07, 6.45) is 0. The number of likely N-dealkylation sites (N-methyl/N-ethyl adjacent to an activating group) is 1. The Labute approximate surface area is 102 Å². The van der Waals surface area contributed by atoms with Crippen LogP contribution >= 0.6 is 0 Å². The molecule has 1 unspecified atom stereocenters. The van der Waals surface area contributed by atoms with Gasteiger partial charge in [0.2, 0.25) is 0 Å². The molecule has 3 heteroatoms. The maximum atomic E-state index is 11.3. The van der Waals surface area contributed by atoms with Crippen LogP contribution < -0.4 is 4.90 Å². The Morgan fingerprint density at radius 2 is 2.12 bits per heavy atom. The summed E-state index contributed by atoms with van der Waals surface area (Å²) in [5, 5.41) is 9.25. The molecule has 1 heterocycles. The molecule has 0 amide bonds. The second kappa shape index (κ2) is 3.76. The van der Waals surface area contributed by atoms with Gasteiger partial charge in [0.15, 0.2) is 0 Å². The minimum atomic E-state index is -0.832. The number of aliphatic carboxylic acids is 1. The van der Waals surface area contributed by atoms with Crippen LogP contribution in [0, 0.1) is 0 Å². The lowest BCUT2D eigenvalue weighted by molar-refractivity contribution is -0.142. The molecule has 1 aromatic rings. The second-order valence-corrected chi connectivity index (χ2v) is 5.49. The number of carbonyl (C=O) groups is 1. The topological polar surface area (TPSA) is 40.5 Å². The summed E-state index contributed by atoms with van der Waals surface area (Å²) in [5.74, 6) is -0.261. The predicted molar refractivity (Wildman–Crippen MR) is 68.8 cm³/mol. The molecule has 3 nitrogen and oxygen atoms in total. The SMILES string of the molecule is CC1CN(C)c2cc(C(C)(C)C(=O)O)ccc21. The van der Waals surface area contributed by atoms with Gasteiger partial charge in [-0.25, -0.2) is 0 Å². The van der Waals surface area contributed by atoms with Crippen molar-refractivity contribution in [2.75, 3.05) is 18.5 Å². The van der Waals surface area contributed by atoms with Gasteiger partial charge in [-0.15, -0.1) is 0 Å². The van der Waals surface area contributed by atoms with E-state index < -0.39 is 11.4 Å². The number of carboxylic acids is 1. The van der Waals surface area contributed by atoms with Gasteiger partial charge in [-0.2, -0.15) is 0 Å². The third-order valence-corrected chi connectivity index (χ3v) is 3.78. The van der Waals surface area contributed by atoms with E-state index in [1.807, 2.05) is 12.1 Å². The molecule has 2 rings (SSSR count). The standard InChI is InChI=1S/C14H19NO2/c1-9-8-15(4)12-7-10(5-6-11(9)12)14(2,3)13(16)17/h5-7,9H,8H2,1-4H3,(H,16,17). The Bertz CT molecular complexity index is 465. The Morgan fingerprint density at radius 3 is 2.71 bits per heavy atom. The molecular formula is C14H19NO2. The smallest absolute Gasteiger partial charge is 0.313 e. The molecule has 1 N–H and O–H groups in total. The second-order valence-electron chi connectivity index (χ2n) is 5.49. The zero-order valence-corrected chi connectivity index (χ0v) is 10.8. The molecule has 0 fully saturated rings. The van der Waals surface area contributed by atoms with E-state index in [9.17, 15) is 9.90 Å². The first-order valence-corrected chi connectivity index (χ1v) is 5.93. The van der Waals surface area contributed by atoms with Crippen LogP contribution in [0.4, 0.5) is 5.69 Å². The zero-order valence-electron chi connectivity index (χ0n) is 10.8. The van der Waals surface area contributed by atoms with Crippen molar-refractivity contribution in [2.45, 2.75) is 32.1 Å². The molecular weight excluding hydrogens is 214 g/mol. The predicted octanol–water partition coefficient (Wildman–Crippen LogP) is 2.60. The van der Waals surface area contributed by atoms with Crippen LogP contribution in [-0.2, 0) is 10.2 Å². The van der Waals surface area contributed by atoms with Crippen molar-refractivity contribution >= 4 is 11.7 Å². The summed E-state index contributed by atoms with van der Waals surface area (Å²) in [5.41, 5.74) is 2.52. The lowest BCUT2D eigenvalue weighted by atomic mass is 9.83. The maximum Gasteiger partial charge on any atom is 0.313 e. The van der Waals surface area contributed by atoms with Gasteiger partial charge in [0.1, 0.15) is 0 Å². The van der Waals surface area contributed by atoms with Gasteiger partial charge < -0.3 is 10.0 Å². The average molecular weight is 233 g/mol. The molecule has 0 spiro atoms. The number of benzene rings is 1. The number of rotatable bonds is 2. The normalized spacial score (nSPS) is 19.3. The Balaban J connectivity index is 2.48. The van der Waals surface area contributed by atoms with Crippen LogP contribution in [0.5, 0.6) is 0 Å². The Kier molecular flexibility index (Phi) is 2.64. The number of hydrogen-bond acceptors (Lipinski definition) is 2. The van der Waals surface area contributed by atoms with Crippen LogP contribution in [0.1, 0.15) is 37.8 Å². The van der Waals surface area contributed by atoms with Crippen molar-refractivity contribution in [3.05, 3.63) is 29.3 Å². The van der Waals surface area contributed by atoms with Crippen LogP contribution in [-0.4, -0.2) is 24.7 Å². The first-order valence-electron chi connectivity index (χ1n) is 5.93. The van der Waals surface area contributed by atoms with Crippen LogP contribution in [0.15, 0.2) is 18.2 Å². The summed E-state index contributed by atoms with van der Waals surface area (Å²) in [6.45, 7) is 6.70. The number of nitrogens with zero attached hydrogens (tertiary/aromatic N) is 1. The van der Waals surface area contributed by atoms with Gasteiger partial charge in [0.25, 0.3) is 0 Å². The highest BCUT2D eigenvalue weighted by atomic mass is 16.4. The number of hydrogen-bond donors (Lipinski definition) is 1. The van der Waals surface area contributed by atoms with Gasteiger partial charge >= 0.3 is 5.97 Å². The van der Waals surface area contributed by atoms with E-state index >= 15 is 0 Å². The molecule has 1 atom stereocenters. The van der Waals surface area contributed by atoms with Crippen LogP contribution in [0.2, 0.25) is 0 Å². The Hall–Kier alpha value is -1.51. The largest absolute Gasteiger partial charge is 0.481 e. The molecule has 0 saturated heterocycles. The monoisotopic (exact) mass is 233 g/mol. The summed E-state index contributed by atoms with van der Waals surface area (Å²) in [7, 11) is 2.06. The highest BCUT2D eigenvalue weighted by Crippen LogP contribution is 2.38. The van der Waals surface area contributed by atoms with E-state index in [1.54, 1.807) is 13.8 Å². The van der Waals surface area contributed by atoms with Gasteiger partial charge in [0, 0.05) is 25.2 Å². The number of carboxylic acid groups (broad SMARTS) is 1. The summed E-state index contributed by atoms with van der Waals surface area (Å²) >= 11 is 0. The minimum Gasteiger partial charge on any atom is -0.481 e. The fraction of sp³-hybridized carbons (Fsp3) is 0.500. The van der Waals surface area contributed by atoms with E-state index in [4.69, 9.17) is 0 Å². The lowest BCUT2D eigenvalue weighted by Crippen LogP contribution is -2.28. The number of anilines is 1. The molecule has 1 aliphatic rings. The first kappa shape index (κ1) is 12.0. The Morgan fingerprint density at radius 1 is 1.47 bits per heavy atom. The van der Waals surface area contributed by atoms with E-state index in [0.717, 1.165) is 12.1 Å². The van der Waals surface area contributed by atoms with Gasteiger partial charge in [-0.3, -0.25) is 4.79 Å². The molecule has 0 aliphatic carbocycles. The highest BCUT2D eigenvalue weighted by Gasteiger charge is 2.32. The fourth-order valence-corrected chi connectivity index (χ4v) is 2.41. The third-order valence-electron chi connectivity index (χ3n) is 3.78. The maximum absolute atomic E-state index is 11.3. The molecule has 0 bridgehead atoms. The summed E-state index contributed by atoms with van der Waals surface area (Å²) < 4.78 is 0. The van der Waals surface area contributed by atoms with Crippen LogP contribution in [0.25, 0.3) is 0 Å². The van der Waals surface area contributed by atoms with Crippen LogP contribution in [0.3, 0.4) is 0 Å². The molecule has 1 aliphatic heterocycles. The highest BCUT2D eigenvalue weighted by molar-refractivity contribution is 5.81. The summed E-state index contributed by atoms with van der Waals surface area (Å²) in [4.78, 5) is 13.4. The van der Waals surface area contributed by atoms with E-state index in [2.05, 4.69) is 24.9 Å². The van der Waals surface area contributed by atoms with Crippen molar-refractivity contribution in [1.29, 1.82) is 0 Å². The minimum absolute atomic E-state index is 0.525. The number of fused-ring (bicyclic) bond motifs is 1. The summed E-state index contributed by atoms with van der Waals surface area (Å²) in [6, 6.07) is 6.04. The molecule has 0 aromatic heterocycles. The van der Waals surface area contributed by atoms with Gasteiger partial charge in [-0.05, 0) is 31.0 Å². The first-order chi connectivity index (χ1) is 7.84. The molecule has 0 radical (unpaired) electrons. The van der Waals surface area contributed by atoms with Crippen molar-refractivity contribution in [2.24, 2.45) is 0 Å². The van der Waals surface area contributed by atoms with E-state index in [-0.39, 0.29) is 0 Å². The van der Waals surface area contributed by atoms with Gasteiger partial charge in [0.05, 0.1) is 5.41 Å². The zero-order chi connectivity index (χ0) is 12.8.